The number of fused-ring (bicyclic) bond motifs is 3. The van der Waals surface area contributed by atoms with Crippen LogP contribution in [0.3, 0.4) is 0 Å². The summed E-state index contributed by atoms with van der Waals surface area (Å²) < 4.78 is 0. The molecule has 2 bridgehead atoms. The number of piperidine rings is 1. The van der Waals surface area contributed by atoms with Gasteiger partial charge in [-0.1, -0.05) is 36.4 Å². The summed E-state index contributed by atoms with van der Waals surface area (Å²) >= 11 is 0. The van der Waals surface area contributed by atoms with Gasteiger partial charge in [-0.3, -0.25) is 9.59 Å². The number of benzene rings is 2. The predicted octanol–water partition coefficient (Wildman–Crippen LogP) is 2.40. The molecule has 2 aromatic carbocycles. The molecule has 3 aliphatic heterocycles. The van der Waals surface area contributed by atoms with Crippen LogP contribution in [-0.4, -0.2) is 49.4 Å². The van der Waals surface area contributed by atoms with Crippen molar-refractivity contribution in [2.75, 3.05) is 37.6 Å². The fraction of sp³-hybridized carbons (Fsp3) is 0.455. The molecule has 140 valence electrons. The lowest BCUT2D eigenvalue weighted by atomic mass is 9.84. The van der Waals surface area contributed by atoms with E-state index in [9.17, 15) is 9.59 Å². The van der Waals surface area contributed by atoms with Gasteiger partial charge in [0.15, 0.2) is 0 Å². The molecule has 2 amide bonds. The van der Waals surface area contributed by atoms with Crippen molar-refractivity contribution in [2.24, 2.45) is 11.3 Å². The molecule has 0 spiro atoms. The van der Waals surface area contributed by atoms with Crippen molar-refractivity contribution >= 4 is 28.3 Å². The van der Waals surface area contributed by atoms with Gasteiger partial charge in [-0.2, -0.15) is 0 Å². The molecule has 5 nitrogen and oxygen atoms in total. The number of anilines is 1. The third kappa shape index (κ3) is 2.90. The van der Waals surface area contributed by atoms with Gasteiger partial charge in [0.25, 0.3) is 0 Å². The second-order valence-corrected chi connectivity index (χ2v) is 8.40. The van der Waals surface area contributed by atoms with E-state index in [-0.39, 0.29) is 23.1 Å². The van der Waals surface area contributed by atoms with E-state index in [1.807, 2.05) is 30.3 Å². The largest absolute Gasteiger partial charge is 0.355 e. The fourth-order valence-corrected chi connectivity index (χ4v) is 5.03. The lowest BCUT2D eigenvalue weighted by Gasteiger charge is -2.26. The van der Waals surface area contributed by atoms with Gasteiger partial charge in [0.2, 0.25) is 11.8 Å². The summed E-state index contributed by atoms with van der Waals surface area (Å²) in [5.41, 5.74) is 1.18. The van der Waals surface area contributed by atoms with E-state index in [2.05, 4.69) is 22.3 Å². The highest BCUT2D eigenvalue weighted by atomic mass is 16.2. The number of hydrogen-bond acceptors (Lipinski definition) is 3. The van der Waals surface area contributed by atoms with Crippen molar-refractivity contribution in [3.63, 3.8) is 0 Å². The summed E-state index contributed by atoms with van der Waals surface area (Å²) in [5, 5.41) is 5.34. The monoisotopic (exact) mass is 363 g/mol. The highest BCUT2D eigenvalue weighted by Crippen LogP contribution is 2.40. The Bertz CT molecular complexity index is 896. The molecule has 3 aliphatic rings. The Morgan fingerprint density at radius 3 is 2.67 bits per heavy atom. The van der Waals surface area contributed by atoms with Crippen molar-refractivity contribution in [1.82, 2.24) is 10.2 Å². The first-order chi connectivity index (χ1) is 13.1. The molecule has 0 saturated carbocycles. The van der Waals surface area contributed by atoms with Gasteiger partial charge in [0.05, 0.1) is 11.6 Å². The third-order valence-electron chi connectivity index (χ3n) is 6.67. The van der Waals surface area contributed by atoms with E-state index < -0.39 is 0 Å². The molecule has 0 aromatic heterocycles. The van der Waals surface area contributed by atoms with E-state index in [4.69, 9.17) is 0 Å². The number of amides is 2. The van der Waals surface area contributed by atoms with Crippen LogP contribution >= 0.6 is 0 Å². The first kappa shape index (κ1) is 16.8. The fourth-order valence-electron chi connectivity index (χ4n) is 5.03. The van der Waals surface area contributed by atoms with Crippen LogP contribution in [0, 0.1) is 11.3 Å². The number of nitrogens with one attached hydrogen (secondary N) is 1. The number of carbonyl (C=O) groups is 2. The molecular weight excluding hydrogens is 338 g/mol. The van der Waals surface area contributed by atoms with E-state index in [0.717, 1.165) is 42.6 Å². The second kappa shape index (κ2) is 6.34. The molecule has 3 fully saturated rings. The zero-order valence-corrected chi connectivity index (χ0v) is 15.5. The molecule has 5 rings (SSSR count). The second-order valence-electron chi connectivity index (χ2n) is 8.40. The Hall–Kier alpha value is -2.40. The first-order valence-corrected chi connectivity index (χ1v) is 9.92. The Morgan fingerprint density at radius 1 is 1.11 bits per heavy atom. The summed E-state index contributed by atoms with van der Waals surface area (Å²) in [6.45, 7) is 4.65. The normalized spacial score (nSPS) is 29.6. The van der Waals surface area contributed by atoms with Gasteiger partial charge in [-0.25, -0.2) is 0 Å². The van der Waals surface area contributed by atoms with Crippen LogP contribution in [0.4, 0.5) is 5.69 Å². The van der Waals surface area contributed by atoms with Crippen molar-refractivity contribution in [1.29, 1.82) is 0 Å². The predicted molar refractivity (Wildman–Crippen MR) is 106 cm³/mol. The number of rotatable bonds is 4. The highest BCUT2D eigenvalue weighted by molar-refractivity contribution is 6.06. The summed E-state index contributed by atoms with van der Waals surface area (Å²) in [5.74, 6) is -0.185. The van der Waals surface area contributed by atoms with Crippen LogP contribution in [0.5, 0.6) is 0 Å². The number of carbonyl (C=O) groups excluding carboxylic acids is 2. The lowest BCUT2D eigenvalue weighted by Crippen LogP contribution is -2.40. The van der Waals surface area contributed by atoms with Gasteiger partial charge < -0.3 is 15.1 Å². The summed E-state index contributed by atoms with van der Waals surface area (Å²) in [6.07, 6.45) is 2.66. The van der Waals surface area contributed by atoms with E-state index in [0.29, 0.717) is 13.0 Å². The average molecular weight is 363 g/mol. The van der Waals surface area contributed by atoms with E-state index in [1.54, 1.807) is 4.90 Å². The average Bonchev–Trinajstić information content (AvgIpc) is 3.40. The Morgan fingerprint density at radius 2 is 1.89 bits per heavy atom. The molecule has 27 heavy (non-hydrogen) atoms. The summed E-state index contributed by atoms with van der Waals surface area (Å²) in [7, 11) is 0. The third-order valence-corrected chi connectivity index (χ3v) is 6.67. The molecule has 1 N–H and O–H groups in total. The zero-order valence-electron chi connectivity index (χ0n) is 15.5. The number of hydrogen-bond donors (Lipinski definition) is 1. The lowest BCUT2D eigenvalue weighted by molar-refractivity contribution is -0.126. The van der Waals surface area contributed by atoms with Gasteiger partial charge >= 0.3 is 0 Å². The van der Waals surface area contributed by atoms with E-state index in [1.165, 1.54) is 12.8 Å². The zero-order chi connectivity index (χ0) is 18.4. The Balaban J connectivity index is 1.29. The maximum absolute atomic E-state index is 12.8. The van der Waals surface area contributed by atoms with Crippen LogP contribution in [0.15, 0.2) is 42.5 Å². The smallest absolute Gasteiger partial charge is 0.227 e. The van der Waals surface area contributed by atoms with Crippen LogP contribution in [-0.2, 0) is 9.59 Å². The van der Waals surface area contributed by atoms with Crippen molar-refractivity contribution in [2.45, 2.75) is 19.3 Å². The molecule has 0 aliphatic carbocycles. The minimum atomic E-state index is -0.258. The van der Waals surface area contributed by atoms with Crippen molar-refractivity contribution < 1.29 is 9.59 Å². The molecule has 1 atom stereocenters. The Labute approximate surface area is 159 Å². The first-order valence-electron chi connectivity index (χ1n) is 9.92. The minimum Gasteiger partial charge on any atom is -0.355 e. The maximum Gasteiger partial charge on any atom is 0.227 e. The standard InChI is InChI=1S/C22H25N3O2/c26-20-12-17(21(27)23-14-22-8-10-24(15-22)11-9-22)13-25(20)19-7-3-5-16-4-1-2-6-18(16)19/h1-7,17H,8-15H2,(H,23,27). The van der Waals surface area contributed by atoms with Gasteiger partial charge in [-0.05, 0) is 37.4 Å². The molecule has 3 saturated heterocycles. The summed E-state index contributed by atoms with van der Waals surface area (Å²) in [6, 6.07) is 14.1. The number of nitrogens with zero attached hydrogens (tertiary/aromatic N) is 2. The maximum atomic E-state index is 12.8. The molecular formula is C22H25N3O2. The SMILES string of the molecule is O=C(NCC12CCN(CC1)C2)C1CC(=O)N(c2cccc3ccccc23)C1. The minimum absolute atomic E-state index is 0.0332. The Kier molecular flexibility index (Phi) is 3.93. The molecule has 3 heterocycles. The summed E-state index contributed by atoms with van der Waals surface area (Å²) in [4.78, 5) is 29.7. The molecule has 0 radical (unpaired) electrons. The molecule has 5 heteroatoms. The highest BCUT2D eigenvalue weighted by Gasteiger charge is 2.44. The topological polar surface area (TPSA) is 52.7 Å². The van der Waals surface area contributed by atoms with Gasteiger partial charge in [-0.15, -0.1) is 0 Å². The van der Waals surface area contributed by atoms with Crippen molar-refractivity contribution in [3.05, 3.63) is 42.5 Å². The van der Waals surface area contributed by atoms with Crippen LogP contribution in [0.2, 0.25) is 0 Å². The van der Waals surface area contributed by atoms with E-state index >= 15 is 0 Å². The van der Waals surface area contributed by atoms with Gasteiger partial charge in [0, 0.05) is 36.9 Å². The molecule has 2 aromatic rings. The quantitative estimate of drug-likeness (QED) is 0.908. The molecule has 1 unspecified atom stereocenters. The van der Waals surface area contributed by atoms with Crippen molar-refractivity contribution in [3.8, 4) is 0 Å². The van der Waals surface area contributed by atoms with Crippen LogP contribution in [0.25, 0.3) is 10.8 Å². The van der Waals surface area contributed by atoms with Gasteiger partial charge in [0.1, 0.15) is 0 Å². The van der Waals surface area contributed by atoms with Crippen LogP contribution in [0.1, 0.15) is 19.3 Å². The van der Waals surface area contributed by atoms with Crippen LogP contribution < -0.4 is 10.2 Å².